The Kier molecular flexibility index (Phi) is 4.64. The molecule has 0 aliphatic rings. The Bertz CT molecular complexity index is 1160. The fraction of sp³-hybridized carbons (Fsp3) is 0.0476. The number of aromatic nitrogens is 2. The Hall–Kier alpha value is -3.12. The standard InChI is InChI=1S/C21H15BrN2O3/c22-17-12-10-15(11-13-17)14-27-24-19-9-5-4-8-18(19)23(26)20(21(24)25)16-6-2-1-3-7-16/h1-13H,14H2. The quantitative estimate of drug-likeness (QED) is 0.372. The summed E-state index contributed by atoms with van der Waals surface area (Å²) in [6, 6.07) is 23.4. The number of halogens is 1. The zero-order valence-electron chi connectivity index (χ0n) is 14.2. The molecule has 6 heteroatoms. The van der Waals surface area contributed by atoms with E-state index in [0.717, 1.165) is 10.0 Å². The molecular formula is C21H15BrN2O3. The molecule has 0 aliphatic carbocycles. The van der Waals surface area contributed by atoms with Gasteiger partial charge < -0.3 is 10.0 Å². The average molecular weight is 423 g/mol. The lowest BCUT2D eigenvalue weighted by Crippen LogP contribution is -2.42. The van der Waals surface area contributed by atoms with Gasteiger partial charge in [-0.2, -0.15) is 4.73 Å². The number of nitrogens with zero attached hydrogens (tertiary/aromatic N) is 2. The molecule has 3 aromatic carbocycles. The molecule has 0 fully saturated rings. The molecule has 0 aliphatic heterocycles. The monoisotopic (exact) mass is 422 g/mol. The summed E-state index contributed by atoms with van der Waals surface area (Å²) in [5.41, 5.74) is 1.79. The highest BCUT2D eigenvalue weighted by atomic mass is 79.9. The molecule has 0 saturated carbocycles. The zero-order chi connectivity index (χ0) is 18.8. The van der Waals surface area contributed by atoms with Crippen molar-refractivity contribution in [2.45, 2.75) is 6.61 Å². The molecule has 0 unspecified atom stereocenters. The maximum atomic E-state index is 13.1. The molecule has 0 bridgehead atoms. The first-order chi connectivity index (χ1) is 13.1. The van der Waals surface area contributed by atoms with Crippen LogP contribution in [-0.4, -0.2) is 4.73 Å². The molecule has 0 atom stereocenters. The fourth-order valence-electron chi connectivity index (χ4n) is 2.91. The summed E-state index contributed by atoms with van der Waals surface area (Å²) in [5.74, 6) is 0. The van der Waals surface area contributed by atoms with Crippen LogP contribution < -0.4 is 15.1 Å². The number of hydrogen-bond acceptors (Lipinski definition) is 3. The number of benzene rings is 3. The number of rotatable bonds is 4. The third-order valence-corrected chi connectivity index (χ3v) is 4.76. The van der Waals surface area contributed by atoms with E-state index in [-0.39, 0.29) is 12.3 Å². The van der Waals surface area contributed by atoms with Gasteiger partial charge in [-0.25, -0.2) is 0 Å². The molecule has 5 nitrogen and oxygen atoms in total. The molecule has 1 aromatic heterocycles. The molecule has 134 valence electrons. The van der Waals surface area contributed by atoms with E-state index in [0.29, 0.717) is 21.3 Å². The van der Waals surface area contributed by atoms with Crippen LogP contribution in [0.15, 0.2) is 88.1 Å². The molecule has 0 saturated heterocycles. The van der Waals surface area contributed by atoms with Gasteiger partial charge in [-0.15, -0.1) is 4.73 Å². The number of para-hydroxylation sites is 2. The van der Waals surface area contributed by atoms with E-state index < -0.39 is 5.56 Å². The van der Waals surface area contributed by atoms with Crippen molar-refractivity contribution in [3.05, 3.63) is 104 Å². The van der Waals surface area contributed by atoms with Gasteiger partial charge in [0.1, 0.15) is 6.61 Å². The third kappa shape index (κ3) is 3.31. The Morgan fingerprint density at radius 3 is 2.33 bits per heavy atom. The van der Waals surface area contributed by atoms with Gasteiger partial charge in [-0.3, -0.25) is 4.79 Å². The summed E-state index contributed by atoms with van der Waals surface area (Å²) in [6.07, 6.45) is 0. The van der Waals surface area contributed by atoms with Crippen molar-refractivity contribution in [2.75, 3.05) is 0 Å². The van der Waals surface area contributed by atoms with Crippen molar-refractivity contribution < 1.29 is 9.57 Å². The number of hydrogen-bond donors (Lipinski definition) is 0. The van der Waals surface area contributed by atoms with Gasteiger partial charge in [-0.05, 0) is 35.9 Å². The van der Waals surface area contributed by atoms with Crippen molar-refractivity contribution >= 4 is 27.0 Å². The van der Waals surface area contributed by atoms with Crippen LogP contribution in [0.5, 0.6) is 0 Å². The maximum absolute atomic E-state index is 13.1. The van der Waals surface area contributed by atoms with E-state index >= 15 is 0 Å². The van der Waals surface area contributed by atoms with Crippen molar-refractivity contribution in [3.63, 3.8) is 0 Å². The van der Waals surface area contributed by atoms with Crippen molar-refractivity contribution in [1.82, 2.24) is 4.73 Å². The summed E-state index contributed by atoms with van der Waals surface area (Å²) < 4.78 is 2.84. The van der Waals surface area contributed by atoms with E-state index in [1.807, 2.05) is 30.3 Å². The molecule has 0 spiro atoms. The summed E-state index contributed by atoms with van der Waals surface area (Å²) in [6.45, 7) is 0.203. The highest BCUT2D eigenvalue weighted by Gasteiger charge is 2.23. The minimum absolute atomic E-state index is 0.0325. The Balaban J connectivity index is 1.86. The first-order valence-electron chi connectivity index (χ1n) is 8.35. The van der Waals surface area contributed by atoms with Crippen LogP contribution in [0, 0.1) is 5.21 Å². The second kappa shape index (κ2) is 7.25. The van der Waals surface area contributed by atoms with Gasteiger partial charge in [0.25, 0.3) is 5.69 Å². The highest BCUT2D eigenvalue weighted by Crippen LogP contribution is 2.16. The van der Waals surface area contributed by atoms with Gasteiger partial charge in [0.05, 0.1) is 5.56 Å². The predicted molar refractivity (Wildman–Crippen MR) is 107 cm³/mol. The summed E-state index contributed by atoms with van der Waals surface area (Å²) >= 11 is 3.40. The average Bonchev–Trinajstić information content (AvgIpc) is 2.70. The zero-order valence-corrected chi connectivity index (χ0v) is 15.8. The third-order valence-electron chi connectivity index (χ3n) is 4.23. The molecule has 0 N–H and O–H groups in total. The molecule has 27 heavy (non-hydrogen) atoms. The topological polar surface area (TPSA) is 58.2 Å². The SMILES string of the molecule is O=c1c(-c2ccccc2)[n+]([O-])c2ccccc2n1OCc1ccc(Br)cc1. The van der Waals surface area contributed by atoms with E-state index in [9.17, 15) is 10.0 Å². The van der Waals surface area contributed by atoms with Crippen LogP contribution in [-0.2, 0) is 6.61 Å². The molecule has 0 radical (unpaired) electrons. The van der Waals surface area contributed by atoms with E-state index in [4.69, 9.17) is 4.84 Å². The van der Waals surface area contributed by atoms with Crippen LogP contribution in [0.2, 0.25) is 0 Å². The lowest BCUT2D eigenvalue weighted by atomic mass is 10.1. The fourth-order valence-corrected chi connectivity index (χ4v) is 3.17. The first kappa shape index (κ1) is 17.3. The van der Waals surface area contributed by atoms with Gasteiger partial charge in [-0.1, -0.05) is 58.4 Å². The lowest BCUT2D eigenvalue weighted by Gasteiger charge is -2.14. The van der Waals surface area contributed by atoms with Crippen LogP contribution in [0.4, 0.5) is 0 Å². The predicted octanol–water partition coefficient (Wildman–Crippen LogP) is 3.69. The minimum Gasteiger partial charge on any atom is -0.618 e. The largest absolute Gasteiger partial charge is 0.618 e. The highest BCUT2D eigenvalue weighted by molar-refractivity contribution is 9.10. The molecular weight excluding hydrogens is 408 g/mol. The molecule has 0 amide bonds. The van der Waals surface area contributed by atoms with Crippen molar-refractivity contribution in [2.24, 2.45) is 0 Å². The Morgan fingerprint density at radius 1 is 0.926 bits per heavy atom. The number of fused-ring (bicyclic) bond motifs is 1. The Labute approximate surface area is 163 Å². The minimum atomic E-state index is -0.494. The Morgan fingerprint density at radius 2 is 1.59 bits per heavy atom. The lowest BCUT2D eigenvalue weighted by molar-refractivity contribution is -0.566. The summed E-state index contributed by atoms with van der Waals surface area (Å²) in [7, 11) is 0. The normalized spacial score (nSPS) is 10.9. The van der Waals surface area contributed by atoms with E-state index in [1.54, 1.807) is 48.5 Å². The molecule has 4 rings (SSSR count). The van der Waals surface area contributed by atoms with Crippen molar-refractivity contribution in [1.29, 1.82) is 0 Å². The van der Waals surface area contributed by atoms with Crippen LogP contribution in [0.1, 0.15) is 5.56 Å². The second-order valence-electron chi connectivity index (χ2n) is 6.00. The van der Waals surface area contributed by atoms with Crippen molar-refractivity contribution in [3.8, 4) is 11.3 Å². The van der Waals surface area contributed by atoms with Crippen LogP contribution in [0.25, 0.3) is 22.3 Å². The molecule has 4 aromatic rings. The van der Waals surface area contributed by atoms with Crippen LogP contribution in [0.3, 0.4) is 0 Å². The maximum Gasteiger partial charge on any atom is 0.357 e. The van der Waals surface area contributed by atoms with Gasteiger partial charge in [0.2, 0.25) is 5.52 Å². The van der Waals surface area contributed by atoms with Gasteiger partial charge in [0.15, 0.2) is 5.52 Å². The van der Waals surface area contributed by atoms with Crippen LogP contribution >= 0.6 is 15.9 Å². The second-order valence-corrected chi connectivity index (χ2v) is 6.91. The van der Waals surface area contributed by atoms with E-state index in [2.05, 4.69) is 15.9 Å². The summed E-state index contributed by atoms with van der Waals surface area (Å²) in [4.78, 5) is 18.9. The van der Waals surface area contributed by atoms with E-state index in [1.165, 1.54) is 4.73 Å². The van der Waals surface area contributed by atoms with Gasteiger partial charge in [0, 0.05) is 10.5 Å². The van der Waals surface area contributed by atoms with Gasteiger partial charge >= 0.3 is 5.56 Å². The summed E-state index contributed by atoms with van der Waals surface area (Å²) in [5, 5.41) is 12.9. The first-order valence-corrected chi connectivity index (χ1v) is 9.15. The molecule has 1 heterocycles. The smallest absolute Gasteiger partial charge is 0.357 e.